The molecule has 44 heavy (non-hydrogen) atoms. The van der Waals surface area contributed by atoms with Crippen LogP contribution in [0.4, 0.5) is 4.79 Å². The Hall–Kier alpha value is -4.32. The molecule has 4 aromatic rings. The van der Waals surface area contributed by atoms with Gasteiger partial charge < -0.3 is 14.2 Å². The van der Waals surface area contributed by atoms with Gasteiger partial charge in [-0.3, -0.25) is 9.69 Å². The van der Waals surface area contributed by atoms with E-state index in [1.54, 1.807) is 0 Å². The summed E-state index contributed by atoms with van der Waals surface area (Å²) in [5.41, 5.74) is 2.79. The average Bonchev–Trinajstić information content (AvgIpc) is 3.01. The zero-order valence-corrected chi connectivity index (χ0v) is 26.8. The van der Waals surface area contributed by atoms with Crippen molar-refractivity contribution in [1.82, 2.24) is 4.90 Å². The monoisotopic (exact) mass is 593 g/mol. The van der Waals surface area contributed by atoms with Gasteiger partial charge in [0.25, 0.3) is 0 Å². The van der Waals surface area contributed by atoms with E-state index in [-0.39, 0.29) is 30.1 Å². The average molecular weight is 594 g/mol. The number of fused-ring (bicyclic) bond motifs is 2. The van der Waals surface area contributed by atoms with E-state index in [1.165, 1.54) is 7.11 Å². The van der Waals surface area contributed by atoms with Gasteiger partial charge in [-0.2, -0.15) is 0 Å². The van der Waals surface area contributed by atoms with Gasteiger partial charge in [-0.1, -0.05) is 84.9 Å². The van der Waals surface area contributed by atoms with Gasteiger partial charge in [-0.25, -0.2) is 4.79 Å². The molecule has 0 radical (unpaired) electrons. The van der Waals surface area contributed by atoms with Crippen LogP contribution in [0.3, 0.4) is 0 Å². The smallest absolute Gasteiger partial charge is 0.410 e. The number of para-hydroxylation sites is 1. The third-order valence-electron chi connectivity index (χ3n) is 8.59. The van der Waals surface area contributed by atoms with Crippen molar-refractivity contribution >= 4 is 22.8 Å². The molecule has 230 valence electrons. The van der Waals surface area contributed by atoms with E-state index < -0.39 is 11.0 Å². The number of methoxy groups -OCH3 is 1. The number of benzene rings is 4. The predicted molar refractivity (Wildman–Crippen MR) is 174 cm³/mol. The topological polar surface area (TPSA) is 65.1 Å². The van der Waals surface area contributed by atoms with Gasteiger partial charge >= 0.3 is 12.1 Å². The van der Waals surface area contributed by atoms with Crippen molar-refractivity contribution in [3.05, 3.63) is 113 Å². The minimum atomic E-state index is -0.755. The molecule has 0 saturated heterocycles. The van der Waals surface area contributed by atoms with E-state index in [4.69, 9.17) is 14.2 Å². The first kappa shape index (κ1) is 31.1. The maximum Gasteiger partial charge on any atom is 0.410 e. The molecule has 3 unspecified atom stereocenters. The van der Waals surface area contributed by atoms with Crippen LogP contribution < -0.4 is 4.74 Å². The highest BCUT2D eigenvalue weighted by molar-refractivity contribution is 5.86. The van der Waals surface area contributed by atoms with Crippen LogP contribution in [0.25, 0.3) is 10.8 Å². The molecule has 0 aliphatic carbocycles. The number of amides is 1. The normalized spacial score (nSPS) is 17.2. The van der Waals surface area contributed by atoms with Gasteiger partial charge in [0, 0.05) is 11.5 Å². The van der Waals surface area contributed by atoms with Crippen LogP contribution in [0, 0.1) is 0 Å². The second kappa shape index (κ2) is 12.4. The Balaban J connectivity index is 1.48. The molecule has 0 N–H and O–H groups in total. The molecule has 6 heteroatoms. The fourth-order valence-electron chi connectivity index (χ4n) is 6.14. The Morgan fingerprint density at radius 1 is 0.886 bits per heavy atom. The van der Waals surface area contributed by atoms with Crippen LogP contribution in [0.5, 0.6) is 5.75 Å². The summed E-state index contributed by atoms with van der Waals surface area (Å²) in [7, 11) is 1.42. The first-order valence-electron chi connectivity index (χ1n) is 15.3. The fraction of sp³-hybridized carbons (Fsp3) is 0.368. The summed E-state index contributed by atoms with van der Waals surface area (Å²) in [5, 5.41) is 2.24. The number of hydrogen-bond acceptors (Lipinski definition) is 5. The lowest BCUT2D eigenvalue weighted by molar-refractivity contribution is -0.146. The first-order chi connectivity index (χ1) is 20.9. The summed E-state index contributed by atoms with van der Waals surface area (Å²) < 4.78 is 17.6. The van der Waals surface area contributed by atoms with E-state index in [0.29, 0.717) is 13.0 Å². The maximum absolute atomic E-state index is 13.8. The van der Waals surface area contributed by atoms with Gasteiger partial charge in [-0.05, 0) is 81.5 Å². The summed E-state index contributed by atoms with van der Waals surface area (Å²) in [6.45, 7) is 11.8. The molecular formula is C38H43NO5. The third kappa shape index (κ3) is 6.45. The van der Waals surface area contributed by atoms with Crippen LogP contribution >= 0.6 is 0 Å². The highest BCUT2D eigenvalue weighted by Gasteiger charge is 2.36. The molecule has 4 aromatic carbocycles. The highest BCUT2D eigenvalue weighted by atomic mass is 16.6. The minimum absolute atomic E-state index is 0.0496. The van der Waals surface area contributed by atoms with E-state index in [2.05, 4.69) is 49.4 Å². The number of ether oxygens (including phenoxy) is 3. The number of carbonyl (C=O) groups excluding carboxylic acids is 2. The number of esters is 1. The molecule has 0 aromatic heterocycles. The quantitative estimate of drug-likeness (QED) is 0.201. The van der Waals surface area contributed by atoms with Crippen LogP contribution in [0.1, 0.15) is 82.2 Å². The Kier molecular flexibility index (Phi) is 8.73. The highest BCUT2D eigenvalue weighted by Crippen LogP contribution is 2.42. The number of carbonyl (C=O) groups is 2. The van der Waals surface area contributed by atoms with Crippen molar-refractivity contribution in [2.24, 2.45) is 0 Å². The summed E-state index contributed by atoms with van der Waals surface area (Å²) in [5.74, 6) is 0.590. The van der Waals surface area contributed by atoms with E-state index in [0.717, 1.165) is 38.8 Å². The Bertz CT molecular complexity index is 1630. The van der Waals surface area contributed by atoms with Crippen molar-refractivity contribution in [2.75, 3.05) is 13.7 Å². The SMILES string of the molecule is COC(=O)C(C)(C)c1ccc(C2CC(CN(C(=O)OC(C)(C)C)C(C)c3cccc4ccccc34)Oc3ccccc32)cc1. The molecule has 0 saturated carbocycles. The zero-order valence-electron chi connectivity index (χ0n) is 26.8. The molecule has 6 nitrogen and oxygen atoms in total. The molecule has 0 fully saturated rings. The molecule has 1 aliphatic rings. The van der Waals surface area contributed by atoms with E-state index in [1.807, 2.05) is 88.0 Å². The summed E-state index contributed by atoms with van der Waals surface area (Å²) in [6, 6.07) is 30.5. The lowest BCUT2D eigenvalue weighted by Gasteiger charge is -2.38. The third-order valence-corrected chi connectivity index (χ3v) is 8.59. The molecule has 3 atom stereocenters. The molecule has 1 heterocycles. The predicted octanol–water partition coefficient (Wildman–Crippen LogP) is 8.57. The summed E-state index contributed by atoms with van der Waals surface area (Å²) in [6.07, 6.45) is 0.0376. The van der Waals surface area contributed by atoms with E-state index in [9.17, 15) is 9.59 Å². The summed E-state index contributed by atoms with van der Waals surface area (Å²) in [4.78, 5) is 28.0. The van der Waals surface area contributed by atoms with Gasteiger partial charge in [0.1, 0.15) is 17.5 Å². The Morgan fingerprint density at radius 2 is 1.55 bits per heavy atom. The Labute approximate surface area is 260 Å². The van der Waals surface area contributed by atoms with Gasteiger partial charge in [0.15, 0.2) is 0 Å². The van der Waals surface area contributed by atoms with Crippen molar-refractivity contribution < 1.29 is 23.8 Å². The molecule has 5 rings (SSSR count). The molecule has 1 aliphatic heterocycles. The lowest BCUT2D eigenvalue weighted by atomic mass is 9.80. The van der Waals surface area contributed by atoms with Gasteiger partial charge in [0.05, 0.1) is 25.1 Å². The van der Waals surface area contributed by atoms with Gasteiger partial charge in [-0.15, -0.1) is 0 Å². The molecule has 0 spiro atoms. The van der Waals surface area contributed by atoms with Crippen LogP contribution in [-0.2, 0) is 19.7 Å². The molecule has 0 bridgehead atoms. The van der Waals surface area contributed by atoms with Crippen LogP contribution in [0.2, 0.25) is 0 Å². The van der Waals surface area contributed by atoms with Crippen LogP contribution in [-0.4, -0.2) is 42.3 Å². The number of hydrogen-bond donors (Lipinski definition) is 0. The molecule has 1 amide bonds. The largest absolute Gasteiger partial charge is 0.488 e. The second-order valence-electron chi connectivity index (χ2n) is 13.2. The Morgan fingerprint density at radius 3 is 2.25 bits per heavy atom. The van der Waals surface area contributed by atoms with Crippen molar-refractivity contribution in [1.29, 1.82) is 0 Å². The molecular weight excluding hydrogens is 550 g/mol. The van der Waals surface area contributed by atoms with Crippen molar-refractivity contribution in [3.63, 3.8) is 0 Å². The first-order valence-corrected chi connectivity index (χ1v) is 15.3. The maximum atomic E-state index is 13.8. The zero-order chi connectivity index (χ0) is 31.6. The van der Waals surface area contributed by atoms with Gasteiger partial charge in [0.2, 0.25) is 0 Å². The van der Waals surface area contributed by atoms with Crippen molar-refractivity contribution in [2.45, 2.75) is 77.0 Å². The van der Waals surface area contributed by atoms with Crippen LogP contribution in [0.15, 0.2) is 91.0 Å². The minimum Gasteiger partial charge on any atom is -0.488 e. The number of rotatable bonds is 7. The standard InChI is InChI=1S/C38H43NO5/c1-25(30-17-12-14-26-13-8-9-15-31(26)30)39(36(41)44-37(2,3)4)24-29-23-33(32-16-10-11-18-34(32)43-29)27-19-21-28(22-20-27)38(5,6)35(40)42-7/h8-22,25,29,33H,23-24H2,1-7H3. The fourth-order valence-corrected chi connectivity index (χ4v) is 6.14. The lowest BCUT2D eigenvalue weighted by Crippen LogP contribution is -2.45. The second-order valence-corrected chi connectivity index (χ2v) is 13.2. The summed E-state index contributed by atoms with van der Waals surface area (Å²) >= 11 is 0. The number of nitrogens with zero attached hydrogens (tertiary/aromatic N) is 1. The van der Waals surface area contributed by atoms with Crippen molar-refractivity contribution in [3.8, 4) is 5.75 Å². The van der Waals surface area contributed by atoms with E-state index >= 15 is 0 Å².